The average Bonchev–Trinajstić information content (AvgIpc) is 2.54. The van der Waals surface area contributed by atoms with Crippen LogP contribution in [0.5, 0.6) is 0 Å². The zero-order valence-corrected chi connectivity index (χ0v) is 12.4. The smallest absolute Gasteiger partial charge is 0.224 e. The lowest BCUT2D eigenvalue weighted by Crippen LogP contribution is -2.38. The summed E-state index contributed by atoms with van der Waals surface area (Å²) < 4.78 is 5.37. The van der Waals surface area contributed by atoms with Crippen LogP contribution in [0.1, 0.15) is 25.7 Å². The van der Waals surface area contributed by atoms with Gasteiger partial charge in [0.2, 0.25) is 5.95 Å². The maximum Gasteiger partial charge on any atom is 0.224 e. The van der Waals surface area contributed by atoms with Crippen LogP contribution in [0.4, 0.5) is 11.8 Å². The number of nitrogens with one attached hydrogen (secondary N) is 1. The first-order valence-corrected chi connectivity index (χ1v) is 7.89. The molecule has 2 fully saturated rings. The van der Waals surface area contributed by atoms with E-state index in [9.17, 15) is 5.11 Å². The van der Waals surface area contributed by atoms with Gasteiger partial charge < -0.3 is 20.1 Å². The Kier molecular flexibility index (Phi) is 4.87. The number of rotatable bonds is 4. The lowest BCUT2D eigenvalue weighted by atomic mass is 10.0. The van der Waals surface area contributed by atoms with Crippen LogP contribution in [0.25, 0.3) is 0 Å². The number of aliphatic hydroxyl groups excluding tert-OH is 1. The Morgan fingerprint density at radius 1 is 1.33 bits per heavy atom. The quantitative estimate of drug-likeness (QED) is 0.871. The standard InChI is InChI=1S/C15H24N4O2/c20-13-2-1-7-19(11-13)14-3-6-16-15(18-14)17-10-12-4-8-21-9-5-12/h3,6,12-13,20H,1-2,4-5,7-11H2,(H,16,17,18). The number of aromatic nitrogens is 2. The third-order valence-electron chi connectivity index (χ3n) is 4.25. The van der Waals surface area contributed by atoms with Crippen LogP contribution < -0.4 is 10.2 Å². The minimum absolute atomic E-state index is 0.243. The molecule has 1 atom stereocenters. The monoisotopic (exact) mass is 292 g/mol. The highest BCUT2D eigenvalue weighted by atomic mass is 16.5. The van der Waals surface area contributed by atoms with Crippen molar-refractivity contribution in [1.82, 2.24) is 9.97 Å². The van der Waals surface area contributed by atoms with E-state index in [1.807, 2.05) is 6.07 Å². The van der Waals surface area contributed by atoms with E-state index in [1.54, 1.807) is 6.20 Å². The van der Waals surface area contributed by atoms with Crippen LogP contribution in [0.3, 0.4) is 0 Å². The fourth-order valence-electron chi connectivity index (χ4n) is 2.96. The van der Waals surface area contributed by atoms with Crippen molar-refractivity contribution in [2.24, 2.45) is 5.92 Å². The van der Waals surface area contributed by atoms with E-state index < -0.39 is 0 Å². The number of ether oxygens (including phenoxy) is 1. The summed E-state index contributed by atoms with van der Waals surface area (Å²) in [7, 11) is 0. The van der Waals surface area contributed by atoms with Crippen LogP contribution in [0.2, 0.25) is 0 Å². The van der Waals surface area contributed by atoms with Gasteiger partial charge in [0.25, 0.3) is 0 Å². The largest absolute Gasteiger partial charge is 0.391 e. The normalized spacial score (nSPS) is 24.0. The third-order valence-corrected chi connectivity index (χ3v) is 4.25. The molecule has 3 heterocycles. The van der Waals surface area contributed by atoms with Crippen molar-refractivity contribution < 1.29 is 9.84 Å². The molecule has 0 aliphatic carbocycles. The predicted octanol–water partition coefficient (Wildman–Crippen LogP) is 1.28. The Hall–Kier alpha value is -1.40. The SMILES string of the molecule is OC1CCCN(c2ccnc(NCC3CCOCC3)n2)C1. The Bertz CT molecular complexity index is 451. The highest BCUT2D eigenvalue weighted by molar-refractivity contribution is 5.43. The summed E-state index contributed by atoms with van der Waals surface area (Å²) in [5, 5.41) is 13.1. The topological polar surface area (TPSA) is 70.5 Å². The Morgan fingerprint density at radius 2 is 2.19 bits per heavy atom. The fraction of sp³-hybridized carbons (Fsp3) is 0.733. The van der Waals surface area contributed by atoms with Crippen molar-refractivity contribution in [2.45, 2.75) is 31.8 Å². The van der Waals surface area contributed by atoms with Crippen LogP contribution in [-0.4, -0.2) is 54.0 Å². The summed E-state index contributed by atoms with van der Waals surface area (Å²) in [6.07, 6.45) is 5.64. The number of piperidine rings is 1. The second-order valence-electron chi connectivity index (χ2n) is 5.92. The van der Waals surface area contributed by atoms with Gasteiger partial charge in [0, 0.05) is 39.0 Å². The first-order chi connectivity index (χ1) is 10.3. The van der Waals surface area contributed by atoms with Crippen molar-refractivity contribution >= 4 is 11.8 Å². The average molecular weight is 292 g/mol. The molecule has 0 radical (unpaired) electrons. The Labute approximate surface area is 125 Å². The van der Waals surface area contributed by atoms with Crippen molar-refractivity contribution in [3.63, 3.8) is 0 Å². The molecule has 21 heavy (non-hydrogen) atoms. The molecule has 116 valence electrons. The molecule has 6 nitrogen and oxygen atoms in total. The van der Waals surface area contributed by atoms with Gasteiger partial charge in [-0.3, -0.25) is 0 Å². The first kappa shape index (κ1) is 14.5. The van der Waals surface area contributed by atoms with Gasteiger partial charge in [0.15, 0.2) is 0 Å². The van der Waals surface area contributed by atoms with Gasteiger partial charge in [-0.2, -0.15) is 4.98 Å². The predicted molar refractivity (Wildman–Crippen MR) is 81.5 cm³/mol. The molecule has 0 saturated carbocycles. The molecular weight excluding hydrogens is 268 g/mol. The second-order valence-corrected chi connectivity index (χ2v) is 5.92. The van der Waals surface area contributed by atoms with Gasteiger partial charge in [-0.25, -0.2) is 4.98 Å². The zero-order chi connectivity index (χ0) is 14.5. The lowest BCUT2D eigenvalue weighted by Gasteiger charge is -2.31. The van der Waals surface area contributed by atoms with E-state index in [0.29, 0.717) is 18.4 Å². The molecule has 6 heteroatoms. The van der Waals surface area contributed by atoms with E-state index in [4.69, 9.17) is 4.74 Å². The number of hydrogen-bond acceptors (Lipinski definition) is 6. The van der Waals surface area contributed by atoms with Crippen molar-refractivity contribution in [2.75, 3.05) is 43.1 Å². The maximum atomic E-state index is 9.77. The van der Waals surface area contributed by atoms with Crippen molar-refractivity contribution in [3.8, 4) is 0 Å². The molecular formula is C15H24N4O2. The van der Waals surface area contributed by atoms with E-state index in [0.717, 1.165) is 57.8 Å². The lowest BCUT2D eigenvalue weighted by molar-refractivity contribution is 0.0699. The summed E-state index contributed by atoms with van der Waals surface area (Å²) in [6.45, 7) is 4.23. The summed E-state index contributed by atoms with van der Waals surface area (Å²) in [6, 6.07) is 1.91. The molecule has 0 aromatic carbocycles. The van der Waals surface area contributed by atoms with Gasteiger partial charge in [-0.1, -0.05) is 0 Å². The molecule has 0 spiro atoms. The van der Waals surface area contributed by atoms with Crippen LogP contribution >= 0.6 is 0 Å². The number of nitrogens with zero attached hydrogens (tertiary/aromatic N) is 3. The molecule has 1 aromatic rings. The van der Waals surface area contributed by atoms with E-state index in [1.165, 1.54) is 0 Å². The summed E-state index contributed by atoms with van der Waals surface area (Å²) in [4.78, 5) is 11.0. The molecule has 2 N–H and O–H groups in total. The summed E-state index contributed by atoms with van der Waals surface area (Å²) >= 11 is 0. The molecule has 0 bridgehead atoms. The van der Waals surface area contributed by atoms with Gasteiger partial charge in [-0.15, -0.1) is 0 Å². The molecule has 1 aromatic heterocycles. The van der Waals surface area contributed by atoms with Gasteiger partial charge >= 0.3 is 0 Å². The third kappa shape index (κ3) is 4.04. The molecule has 0 amide bonds. The minimum atomic E-state index is -0.243. The highest BCUT2D eigenvalue weighted by Crippen LogP contribution is 2.19. The van der Waals surface area contributed by atoms with Crippen LogP contribution in [0, 0.1) is 5.92 Å². The number of aliphatic hydroxyl groups is 1. The molecule has 1 unspecified atom stereocenters. The molecule has 2 aliphatic heterocycles. The highest BCUT2D eigenvalue weighted by Gasteiger charge is 2.19. The number of hydrogen-bond donors (Lipinski definition) is 2. The summed E-state index contributed by atoms with van der Waals surface area (Å²) in [5.41, 5.74) is 0. The minimum Gasteiger partial charge on any atom is -0.391 e. The zero-order valence-electron chi connectivity index (χ0n) is 12.4. The molecule has 3 rings (SSSR count). The van der Waals surface area contributed by atoms with Crippen LogP contribution in [-0.2, 0) is 4.74 Å². The summed E-state index contributed by atoms with van der Waals surface area (Å²) in [5.74, 6) is 2.22. The van der Waals surface area contributed by atoms with Gasteiger partial charge in [-0.05, 0) is 37.7 Å². The van der Waals surface area contributed by atoms with E-state index in [-0.39, 0.29) is 6.10 Å². The first-order valence-electron chi connectivity index (χ1n) is 7.89. The second kappa shape index (κ2) is 7.04. The van der Waals surface area contributed by atoms with Gasteiger partial charge in [0.05, 0.1) is 6.10 Å². The van der Waals surface area contributed by atoms with Crippen molar-refractivity contribution in [3.05, 3.63) is 12.3 Å². The van der Waals surface area contributed by atoms with Crippen molar-refractivity contribution in [1.29, 1.82) is 0 Å². The van der Waals surface area contributed by atoms with E-state index in [2.05, 4.69) is 20.2 Å². The van der Waals surface area contributed by atoms with Gasteiger partial charge in [0.1, 0.15) is 5.82 Å². The van der Waals surface area contributed by atoms with E-state index >= 15 is 0 Å². The molecule has 2 aliphatic rings. The molecule has 2 saturated heterocycles. The Morgan fingerprint density at radius 3 is 3.00 bits per heavy atom. The number of β-amino-alcohol motifs (C(OH)–C–C–N with tert-alkyl or cyclic N) is 1. The fourth-order valence-corrected chi connectivity index (χ4v) is 2.96. The maximum absolute atomic E-state index is 9.77. The number of anilines is 2. The Balaban J connectivity index is 1.57. The van der Waals surface area contributed by atoms with Crippen LogP contribution in [0.15, 0.2) is 12.3 Å².